The van der Waals surface area contributed by atoms with Crippen LogP contribution in [-0.2, 0) is 14.6 Å². The maximum Gasteiger partial charge on any atom is 0.183 e. The molecule has 0 N–H and O–H groups in total. The summed E-state index contributed by atoms with van der Waals surface area (Å²) in [5, 5.41) is 9.09. The van der Waals surface area contributed by atoms with Crippen LogP contribution in [0.15, 0.2) is 53.4 Å². The Morgan fingerprint density at radius 1 is 1.11 bits per heavy atom. The lowest BCUT2D eigenvalue weighted by Gasteiger charge is -2.10. The van der Waals surface area contributed by atoms with Gasteiger partial charge in [0.1, 0.15) is 11.2 Å². The zero-order valence-corrected chi connectivity index (χ0v) is 16.5. The minimum absolute atomic E-state index is 0.0897. The second kappa shape index (κ2) is 7.34. The monoisotopic (exact) mass is 385 g/mol. The first-order valence-corrected chi connectivity index (χ1v) is 10.4. The van der Waals surface area contributed by atoms with Gasteiger partial charge in [-0.05, 0) is 43.7 Å². The maximum atomic E-state index is 13.3. The van der Waals surface area contributed by atoms with Crippen molar-refractivity contribution in [2.75, 3.05) is 20.3 Å². The molecule has 6 heteroatoms. The quantitative estimate of drug-likeness (QED) is 0.729. The number of nitrogens with zero attached hydrogens (tertiary/aromatic N) is 1. The van der Waals surface area contributed by atoms with E-state index in [1.807, 2.05) is 26.0 Å². The van der Waals surface area contributed by atoms with Crippen molar-refractivity contribution >= 4 is 9.84 Å². The summed E-state index contributed by atoms with van der Waals surface area (Å²) in [6, 6.07) is 16.2. The van der Waals surface area contributed by atoms with Gasteiger partial charge in [-0.1, -0.05) is 29.8 Å². The van der Waals surface area contributed by atoms with Crippen molar-refractivity contribution in [1.82, 2.24) is 0 Å². The summed E-state index contributed by atoms with van der Waals surface area (Å²) in [6.45, 7) is 4.25. The Labute approximate surface area is 160 Å². The largest absolute Gasteiger partial charge is 0.497 e. The van der Waals surface area contributed by atoms with Crippen molar-refractivity contribution in [3.63, 3.8) is 0 Å². The van der Waals surface area contributed by atoms with Crippen LogP contribution < -0.4 is 4.74 Å². The predicted molar refractivity (Wildman–Crippen MR) is 102 cm³/mol. The van der Waals surface area contributed by atoms with Crippen molar-refractivity contribution in [2.24, 2.45) is 5.41 Å². The molecule has 1 aliphatic carbocycles. The van der Waals surface area contributed by atoms with Crippen LogP contribution >= 0.6 is 0 Å². The zero-order chi connectivity index (χ0) is 19.7. The smallest absolute Gasteiger partial charge is 0.183 e. The van der Waals surface area contributed by atoms with E-state index >= 15 is 0 Å². The van der Waals surface area contributed by atoms with Crippen molar-refractivity contribution in [1.29, 1.82) is 5.26 Å². The molecule has 0 bridgehead atoms. The van der Waals surface area contributed by atoms with Crippen LogP contribution in [0.4, 0.5) is 0 Å². The van der Waals surface area contributed by atoms with E-state index in [2.05, 4.69) is 6.07 Å². The Kier molecular flexibility index (Phi) is 5.27. The Balaban J connectivity index is 2.04. The summed E-state index contributed by atoms with van der Waals surface area (Å²) in [7, 11) is -2.10. The summed E-state index contributed by atoms with van der Waals surface area (Å²) < 4.78 is 37.3. The fraction of sp³-hybridized carbons (Fsp3) is 0.381. The molecule has 0 aromatic heterocycles. The maximum absolute atomic E-state index is 13.3. The fourth-order valence-corrected chi connectivity index (χ4v) is 5.94. The third kappa shape index (κ3) is 3.33. The Morgan fingerprint density at radius 3 is 2.26 bits per heavy atom. The van der Waals surface area contributed by atoms with Gasteiger partial charge in [0.15, 0.2) is 9.84 Å². The first kappa shape index (κ1) is 19.4. The van der Waals surface area contributed by atoms with Gasteiger partial charge in [0.25, 0.3) is 0 Å². The van der Waals surface area contributed by atoms with Gasteiger partial charge in [0.2, 0.25) is 0 Å². The summed E-state index contributed by atoms with van der Waals surface area (Å²) in [6.07, 6.45) is 0. The van der Waals surface area contributed by atoms with Gasteiger partial charge in [-0.3, -0.25) is 0 Å². The Morgan fingerprint density at radius 2 is 1.74 bits per heavy atom. The Hall–Kier alpha value is -2.36. The number of methoxy groups -OCH3 is 1. The summed E-state index contributed by atoms with van der Waals surface area (Å²) in [5.41, 5.74) is 0.698. The fourth-order valence-electron chi connectivity index (χ4n) is 3.63. The van der Waals surface area contributed by atoms with Gasteiger partial charge < -0.3 is 9.47 Å². The highest BCUT2D eigenvalue weighted by atomic mass is 32.2. The molecular formula is C21H23NO4S. The molecule has 0 saturated heterocycles. The number of hydrogen-bond donors (Lipinski definition) is 0. The van der Waals surface area contributed by atoms with E-state index in [0.29, 0.717) is 12.4 Å². The molecule has 1 aliphatic rings. The van der Waals surface area contributed by atoms with E-state index in [-0.39, 0.29) is 11.5 Å². The molecule has 0 spiro atoms. The second-order valence-corrected chi connectivity index (χ2v) is 8.89. The molecule has 0 heterocycles. The first-order valence-electron chi connectivity index (χ1n) is 8.84. The molecule has 142 valence electrons. The molecule has 2 aromatic carbocycles. The van der Waals surface area contributed by atoms with Crippen molar-refractivity contribution in [2.45, 2.75) is 29.9 Å². The van der Waals surface area contributed by atoms with E-state index in [1.165, 1.54) is 0 Å². The number of ether oxygens (including phenoxy) is 2. The molecule has 27 heavy (non-hydrogen) atoms. The van der Waals surface area contributed by atoms with Crippen molar-refractivity contribution < 1.29 is 17.9 Å². The average molecular weight is 385 g/mol. The second-order valence-electron chi connectivity index (χ2n) is 6.82. The van der Waals surface area contributed by atoms with Crippen LogP contribution in [0.1, 0.15) is 24.0 Å². The van der Waals surface area contributed by atoms with Crippen LogP contribution in [-0.4, -0.2) is 34.0 Å². The lowest BCUT2D eigenvalue weighted by atomic mass is 10.0. The average Bonchev–Trinajstić information content (AvgIpc) is 3.37. The summed E-state index contributed by atoms with van der Waals surface area (Å²) in [4.78, 5) is 0.241. The predicted octanol–water partition coefficient (Wildman–Crippen LogP) is 3.49. The third-order valence-corrected chi connectivity index (χ3v) is 7.46. The molecule has 0 aliphatic heterocycles. The highest BCUT2D eigenvalue weighted by Gasteiger charge is 2.72. The van der Waals surface area contributed by atoms with Crippen molar-refractivity contribution in [3.8, 4) is 11.8 Å². The van der Waals surface area contributed by atoms with E-state index in [9.17, 15) is 13.7 Å². The van der Waals surface area contributed by atoms with Crippen LogP contribution in [0.3, 0.4) is 0 Å². The van der Waals surface area contributed by atoms with Crippen LogP contribution in [0, 0.1) is 23.7 Å². The molecule has 0 amide bonds. The summed E-state index contributed by atoms with van der Waals surface area (Å²) >= 11 is 0. The van der Waals surface area contributed by atoms with Crippen LogP contribution in [0.25, 0.3) is 0 Å². The van der Waals surface area contributed by atoms with Gasteiger partial charge in [-0.2, -0.15) is 5.26 Å². The number of hydrogen-bond acceptors (Lipinski definition) is 5. The lowest BCUT2D eigenvalue weighted by molar-refractivity contribution is 0.117. The number of benzene rings is 2. The van der Waals surface area contributed by atoms with Crippen LogP contribution in [0.5, 0.6) is 5.75 Å². The molecule has 1 fully saturated rings. The van der Waals surface area contributed by atoms with Gasteiger partial charge in [-0.15, -0.1) is 0 Å². The van der Waals surface area contributed by atoms with E-state index in [4.69, 9.17) is 9.47 Å². The number of sulfone groups is 1. The number of aryl methyl sites for hydroxylation is 1. The van der Waals surface area contributed by atoms with Gasteiger partial charge in [0.05, 0.1) is 29.9 Å². The standard InChI is InChI=1S/C21H23NO4S/c1-4-26-14-21(13-22)19(16-7-9-17(25-3)10-8-16)20(21)27(23,24)18-11-5-15(2)6-12-18/h5-12,19-20H,4,14H2,1-3H3/t19-,20+,21-/m1/s1. The molecular weight excluding hydrogens is 362 g/mol. The molecule has 2 aromatic rings. The third-order valence-electron chi connectivity index (χ3n) is 5.17. The highest BCUT2D eigenvalue weighted by Crippen LogP contribution is 2.64. The molecule has 0 unspecified atom stereocenters. The first-order chi connectivity index (χ1) is 12.9. The SMILES string of the molecule is CCOC[C@]1(C#N)[C@H](c2ccc(OC)cc2)[C@@H]1S(=O)(=O)c1ccc(C)cc1. The van der Waals surface area contributed by atoms with E-state index in [0.717, 1.165) is 11.1 Å². The normalized spacial score (nSPS) is 24.2. The minimum atomic E-state index is -3.68. The highest BCUT2D eigenvalue weighted by molar-refractivity contribution is 7.92. The zero-order valence-electron chi connectivity index (χ0n) is 15.7. The topological polar surface area (TPSA) is 76.4 Å². The van der Waals surface area contributed by atoms with Gasteiger partial charge >= 0.3 is 0 Å². The molecule has 1 saturated carbocycles. The van der Waals surface area contributed by atoms with Gasteiger partial charge in [-0.25, -0.2) is 8.42 Å². The number of rotatable bonds is 7. The molecule has 0 radical (unpaired) electrons. The van der Waals surface area contributed by atoms with Crippen LogP contribution in [0.2, 0.25) is 0 Å². The molecule has 3 rings (SSSR count). The summed E-state index contributed by atoms with van der Waals surface area (Å²) in [5.74, 6) is 0.246. The van der Waals surface area contributed by atoms with Gasteiger partial charge in [0, 0.05) is 12.5 Å². The van der Waals surface area contributed by atoms with Crippen molar-refractivity contribution in [3.05, 3.63) is 59.7 Å². The van der Waals surface area contributed by atoms with E-state index in [1.54, 1.807) is 43.5 Å². The lowest BCUT2D eigenvalue weighted by Crippen LogP contribution is -2.19. The number of nitriles is 1. The molecule has 3 atom stereocenters. The Bertz CT molecular complexity index is 945. The van der Waals surface area contributed by atoms with E-state index < -0.39 is 26.4 Å². The minimum Gasteiger partial charge on any atom is -0.497 e. The molecule has 5 nitrogen and oxygen atoms in total.